The van der Waals surface area contributed by atoms with E-state index in [0.717, 1.165) is 16.7 Å². The molecule has 0 atom stereocenters. The summed E-state index contributed by atoms with van der Waals surface area (Å²) in [6.45, 7) is 7.68. The van der Waals surface area contributed by atoms with Crippen molar-refractivity contribution in [3.8, 4) is 46.6 Å². The van der Waals surface area contributed by atoms with Gasteiger partial charge in [-0.05, 0) is 65.1 Å². The molecule has 0 fully saturated rings. The molecule has 0 spiro atoms. The van der Waals surface area contributed by atoms with Crippen molar-refractivity contribution in [3.63, 3.8) is 0 Å². The molecular formula is C32H32O2Si. The van der Waals surface area contributed by atoms with Crippen molar-refractivity contribution in [2.75, 3.05) is 0 Å². The minimum atomic E-state index is -1.48. The predicted molar refractivity (Wildman–Crippen MR) is 148 cm³/mol. The van der Waals surface area contributed by atoms with Crippen LogP contribution in [0.1, 0.15) is 37.5 Å². The van der Waals surface area contributed by atoms with E-state index in [1.165, 1.54) is 18.1 Å². The summed E-state index contributed by atoms with van der Waals surface area (Å²) >= 11 is 0. The molecule has 0 saturated heterocycles. The van der Waals surface area contributed by atoms with Gasteiger partial charge in [-0.15, -0.1) is 5.54 Å². The third-order valence-corrected chi connectivity index (χ3v) is 10.8. The maximum Gasteiger partial charge on any atom is 0.139 e. The second-order valence-corrected chi connectivity index (χ2v) is 13.3. The maximum atomic E-state index is 6.04. The smallest absolute Gasteiger partial charge is 0.139 e. The van der Waals surface area contributed by atoms with Gasteiger partial charge in [-0.25, -0.2) is 0 Å². The van der Waals surface area contributed by atoms with E-state index in [1.807, 2.05) is 78.9 Å². The first-order valence-corrected chi connectivity index (χ1v) is 14.8. The first-order chi connectivity index (χ1) is 17.2. The molecule has 0 unspecified atom stereocenters. The number of rotatable bonds is 9. The van der Waals surface area contributed by atoms with Gasteiger partial charge in [0, 0.05) is 11.6 Å². The number of hydrogen-bond donors (Lipinski definition) is 0. The lowest BCUT2D eigenvalue weighted by molar-refractivity contribution is 0.290. The number of ether oxygens (including phenoxy) is 2. The summed E-state index contributed by atoms with van der Waals surface area (Å²) in [6, 6.07) is 29.4. The van der Waals surface area contributed by atoms with Gasteiger partial charge < -0.3 is 9.47 Å². The van der Waals surface area contributed by atoms with E-state index in [2.05, 4.69) is 55.9 Å². The highest BCUT2D eigenvalue weighted by atomic mass is 28.3. The van der Waals surface area contributed by atoms with E-state index in [1.54, 1.807) is 0 Å². The fourth-order valence-corrected chi connectivity index (χ4v) is 6.00. The molecule has 0 amide bonds. The van der Waals surface area contributed by atoms with Crippen molar-refractivity contribution in [2.45, 2.75) is 52.1 Å². The molecule has 3 aromatic rings. The molecule has 0 aliphatic rings. The Labute approximate surface area is 211 Å². The standard InChI is InChI=1S/C32H32O2Si/c1-4-35(5-2,6-3)22-16-8-7-11-21-30-23-31(33-26-28-17-12-9-13-18-28)25-32(24-30)34-27-29-19-14-10-15-20-29/h9-10,12-15,17-20,23-25H,4-6,26-27H2,1-3H3. The summed E-state index contributed by atoms with van der Waals surface area (Å²) in [5.41, 5.74) is 6.47. The highest BCUT2D eigenvalue weighted by Crippen LogP contribution is 2.24. The average molecular weight is 477 g/mol. The van der Waals surface area contributed by atoms with Crippen LogP contribution in [0.3, 0.4) is 0 Å². The first kappa shape index (κ1) is 25.8. The third kappa shape index (κ3) is 8.46. The van der Waals surface area contributed by atoms with Gasteiger partial charge in [0.15, 0.2) is 0 Å². The lowest BCUT2D eigenvalue weighted by Gasteiger charge is -2.19. The molecular weight excluding hydrogens is 444 g/mol. The van der Waals surface area contributed by atoms with Crippen molar-refractivity contribution < 1.29 is 9.47 Å². The van der Waals surface area contributed by atoms with Gasteiger partial charge in [0.2, 0.25) is 0 Å². The van der Waals surface area contributed by atoms with Gasteiger partial charge in [-0.3, -0.25) is 0 Å². The third-order valence-electron chi connectivity index (χ3n) is 6.13. The Morgan fingerprint density at radius 2 is 1.09 bits per heavy atom. The Bertz CT molecular complexity index is 1190. The molecule has 0 aliphatic carbocycles. The van der Waals surface area contributed by atoms with E-state index in [4.69, 9.17) is 9.47 Å². The minimum absolute atomic E-state index is 0.475. The summed E-state index contributed by atoms with van der Waals surface area (Å²) in [5.74, 6) is 16.4. The van der Waals surface area contributed by atoms with Crippen molar-refractivity contribution >= 4 is 8.07 Å². The molecule has 0 aliphatic heterocycles. The zero-order valence-electron chi connectivity index (χ0n) is 20.9. The molecule has 0 bridgehead atoms. The minimum Gasteiger partial charge on any atom is -0.489 e. The lowest BCUT2D eigenvalue weighted by Crippen LogP contribution is -2.29. The Morgan fingerprint density at radius 3 is 1.57 bits per heavy atom. The summed E-state index contributed by atoms with van der Waals surface area (Å²) in [5, 5.41) is 0. The molecule has 176 valence electrons. The van der Waals surface area contributed by atoms with Crippen molar-refractivity contribution in [2.24, 2.45) is 0 Å². The van der Waals surface area contributed by atoms with Gasteiger partial charge >= 0.3 is 0 Å². The van der Waals surface area contributed by atoms with E-state index in [0.29, 0.717) is 24.7 Å². The largest absolute Gasteiger partial charge is 0.489 e. The fourth-order valence-electron chi connectivity index (χ4n) is 3.64. The van der Waals surface area contributed by atoms with E-state index in [-0.39, 0.29) is 0 Å². The molecule has 3 heteroatoms. The molecule has 0 heterocycles. The van der Waals surface area contributed by atoms with Crippen molar-refractivity contribution in [1.29, 1.82) is 0 Å². The molecule has 3 rings (SSSR count). The average Bonchev–Trinajstić information content (AvgIpc) is 2.92. The van der Waals surface area contributed by atoms with Crippen LogP contribution >= 0.6 is 0 Å². The highest BCUT2D eigenvalue weighted by Gasteiger charge is 2.23. The Morgan fingerprint density at radius 1 is 0.600 bits per heavy atom. The summed E-state index contributed by atoms with van der Waals surface area (Å²) in [6.07, 6.45) is 0. The molecule has 0 aromatic heterocycles. The van der Waals surface area contributed by atoms with E-state index >= 15 is 0 Å². The summed E-state index contributed by atoms with van der Waals surface area (Å²) < 4.78 is 12.1. The SMILES string of the molecule is CC[Si](C#CC#CC#Cc1cc(OCc2ccccc2)cc(OCc2ccccc2)c1)(CC)CC. The van der Waals surface area contributed by atoms with Crippen LogP contribution < -0.4 is 9.47 Å². The highest BCUT2D eigenvalue weighted by molar-refractivity contribution is 6.87. The molecule has 35 heavy (non-hydrogen) atoms. The first-order valence-electron chi connectivity index (χ1n) is 12.2. The van der Waals surface area contributed by atoms with Crippen LogP contribution in [-0.2, 0) is 13.2 Å². The number of benzene rings is 3. The Balaban J connectivity index is 1.77. The van der Waals surface area contributed by atoms with Crippen LogP contribution in [0.2, 0.25) is 18.1 Å². The molecule has 2 nitrogen and oxygen atoms in total. The van der Waals surface area contributed by atoms with Gasteiger partial charge in [-0.2, -0.15) is 0 Å². The van der Waals surface area contributed by atoms with Crippen LogP contribution in [-0.4, -0.2) is 8.07 Å². The molecule has 0 N–H and O–H groups in total. The Hall–Kier alpha value is -3.84. The zero-order valence-corrected chi connectivity index (χ0v) is 21.9. The maximum absolute atomic E-state index is 6.04. The second kappa shape index (κ2) is 13.8. The van der Waals surface area contributed by atoms with E-state index < -0.39 is 8.07 Å². The van der Waals surface area contributed by atoms with Gasteiger partial charge in [0.1, 0.15) is 32.8 Å². The fraction of sp³-hybridized carbons (Fsp3) is 0.250. The number of hydrogen-bond acceptors (Lipinski definition) is 2. The molecule has 0 saturated carbocycles. The second-order valence-electron chi connectivity index (χ2n) is 8.33. The van der Waals surface area contributed by atoms with Gasteiger partial charge in [0.25, 0.3) is 0 Å². The zero-order chi connectivity index (χ0) is 24.8. The summed E-state index contributed by atoms with van der Waals surface area (Å²) in [4.78, 5) is 0. The predicted octanol–water partition coefficient (Wildman–Crippen LogP) is 7.25. The van der Waals surface area contributed by atoms with Gasteiger partial charge in [-0.1, -0.05) is 87.4 Å². The van der Waals surface area contributed by atoms with Crippen LogP contribution in [0, 0.1) is 35.1 Å². The molecule has 0 radical (unpaired) electrons. The van der Waals surface area contributed by atoms with Gasteiger partial charge in [0.05, 0.1) is 0 Å². The monoisotopic (exact) mass is 476 g/mol. The van der Waals surface area contributed by atoms with Crippen molar-refractivity contribution in [1.82, 2.24) is 0 Å². The summed E-state index contributed by atoms with van der Waals surface area (Å²) in [7, 11) is -1.48. The van der Waals surface area contributed by atoms with Crippen LogP contribution in [0.15, 0.2) is 78.9 Å². The van der Waals surface area contributed by atoms with Crippen molar-refractivity contribution in [3.05, 3.63) is 95.6 Å². The van der Waals surface area contributed by atoms with E-state index in [9.17, 15) is 0 Å². The van der Waals surface area contributed by atoms with Crippen LogP contribution in [0.25, 0.3) is 0 Å². The normalized spacial score (nSPS) is 10.0. The molecule has 3 aromatic carbocycles. The lowest BCUT2D eigenvalue weighted by atomic mass is 10.2. The topological polar surface area (TPSA) is 18.5 Å². The quantitative estimate of drug-likeness (QED) is 0.239. The van der Waals surface area contributed by atoms with Crippen LogP contribution in [0.4, 0.5) is 0 Å². The van der Waals surface area contributed by atoms with Crippen LogP contribution in [0.5, 0.6) is 11.5 Å². The Kier molecular flexibility index (Phi) is 10.1.